The van der Waals surface area contributed by atoms with E-state index in [1.165, 1.54) is 25.9 Å². The Kier molecular flexibility index (Phi) is 3.82. The lowest BCUT2D eigenvalue weighted by Crippen LogP contribution is -2.44. The van der Waals surface area contributed by atoms with Gasteiger partial charge in [-0.15, -0.1) is 0 Å². The van der Waals surface area contributed by atoms with Gasteiger partial charge >= 0.3 is 5.97 Å². The molecule has 2 aliphatic rings. The number of carboxylic acids is 1. The van der Waals surface area contributed by atoms with Crippen LogP contribution in [0.5, 0.6) is 0 Å². The average molecular weight is 226 g/mol. The molecule has 2 heterocycles. The Bertz CT molecular complexity index is 249. The SMILES string of the molecule is CCN1CCC(N2CCC(C(=O)O)C2)CC1. The molecule has 0 saturated carbocycles. The van der Waals surface area contributed by atoms with Gasteiger partial charge in [0.2, 0.25) is 0 Å². The summed E-state index contributed by atoms with van der Waals surface area (Å²) in [6.45, 7) is 7.45. The molecule has 4 heteroatoms. The Labute approximate surface area is 97.2 Å². The molecule has 2 rings (SSSR count). The average Bonchev–Trinajstić information content (AvgIpc) is 2.78. The van der Waals surface area contributed by atoms with E-state index >= 15 is 0 Å². The number of piperidine rings is 1. The molecule has 0 aromatic heterocycles. The molecule has 2 saturated heterocycles. The van der Waals surface area contributed by atoms with Crippen LogP contribution in [-0.4, -0.2) is 59.6 Å². The molecule has 0 aliphatic carbocycles. The number of hydrogen-bond donors (Lipinski definition) is 1. The number of hydrogen-bond acceptors (Lipinski definition) is 3. The van der Waals surface area contributed by atoms with E-state index in [-0.39, 0.29) is 5.92 Å². The Morgan fingerprint density at radius 3 is 2.44 bits per heavy atom. The van der Waals surface area contributed by atoms with E-state index in [1.54, 1.807) is 0 Å². The number of likely N-dealkylation sites (tertiary alicyclic amines) is 2. The molecule has 16 heavy (non-hydrogen) atoms. The first kappa shape index (κ1) is 11.9. The molecule has 0 bridgehead atoms. The Morgan fingerprint density at radius 1 is 1.25 bits per heavy atom. The minimum atomic E-state index is -0.617. The maximum absolute atomic E-state index is 10.9. The van der Waals surface area contributed by atoms with Gasteiger partial charge in [0.15, 0.2) is 0 Å². The lowest BCUT2D eigenvalue weighted by molar-refractivity contribution is -0.141. The van der Waals surface area contributed by atoms with Crippen molar-refractivity contribution in [3.05, 3.63) is 0 Å². The van der Waals surface area contributed by atoms with Crippen LogP contribution in [0.2, 0.25) is 0 Å². The normalized spacial score (nSPS) is 29.7. The quantitative estimate of drug-likeness (QED) is 0.776. The van der Waals surface area contributed by atoms with Gasteiger partial charge in [-0.3, -0.25) is 9.69 Å². The van der Waals surface area contributed by atoms with Gasteiger partial charge in [-0.05, 0) is 45.4 Å². The molecule has 92 valence electrons. The number of aliphatic carboxylic acids is 1. The second kappa shape index (κ2) is 5.15. The third-order valence-corrected chi connectivity index (χ3v) is 4.09. The standard InChI is InChI=1S/C12H22N2O2/c1-2-13-6-4-11(5-7-13)14-8-3-10(9-14)12(15)16/h10-11H,2-9H2,1H3,(H,15,16). The lowest BCUT2D eigenvalue weighted by Gasteiger charge is -2.36. The first-order valence-corrected chi connectivity index (χ1v) is 6.40. The fourth-order valence-electron chi connectivity index (χ4n) is 2.92. The Morgan fingerprint density at radius 2 is 1.94 bits per heavy atom. The summed E-state index contributed by atoms with van der Waals surface area (Å²) in [6.07, 6.45) is 3.25. The molecular weight excluding hydrogens is 204 g/mol. The number of carbonyl (C=O) groups is 1. The van der Waals surface area contributed by atoms with Crippen LogP contribution in [0.15, 0.2) is 0 Å². The molecule has 0 amide bonds. The zero-order valence-electron chi connectivity index (χ0n) is 10.1. The molecule has 0 spiro atoms. The van der Waals surface area contributed by atoms with Crippen LogP contribution in [0.25, 0.3) is 0 Å². The van der Waals surface area contributed by atoms with E-state index in [9.17, 15) is 4.79 Å². The minimum absolute atomic E-state index is 0.121. The molecule has 1 unspecified atom stereocenters. The molecule has 1 N–H and O–H groups in total. The van der Waals surface area contributed by atoms with Crippen molar-refractivity contribution in [3.8, 4) is 0 Å². The summed E-state index contributed by atoms with van der Waals surface area (Å²) in [7, 11) is 0. The van der Waals surface area contributed by atoms with Gasteiger partial charge in [0.1, 0.15) is 0 Å². The van der Waals surface area contributed by atoms with E-state index in [2.05, 4.69) is 16.7 Å². The van der Waals surface area contributed by atoms with Gasteiger partial charge in [0, 0.05) is 12.6 Å². The molecule has 4 nitrogen and oxygen atoms in total. The highest BCUT2D eigenvalue weighted by molar-refractivity contribution is 5.70. The molecular formula is C12H22N2O2. The summed E-state index contributed by atoms with van der Waals surface area (Å²) >= 11 is 0. The Hall–Kier alpha value is -0.610. The number of carboxylic acid groups (broad SMARTS) is 1. The second-order valence-corrected chi connectivity index (χ2v) is 4.98. The van der Waals surface area contributed by atoms with Crippen molar-refractivity contribution in [1.82, 2.24) is 9.80 Å². The van der Waals surface area contributed by atoms with Gasteiger partial charge in [0.05, 0.1) is 5.92 Å². The van der Waals surface area contributed by atoms with Crippen molar-refractivity contribution in [3.63, 3.8) is 0 Å². The van der Waals surface area contributed by atoms with Crippen molar-refractivity contribution in [1.29, 1.82) is 0 Å². The third kappa shape index (κ3) is 2.55. The van der Waals surface area contributed by atoms with Crippen molar-refractivity contribution >= 4 is 5.97 Å². The van der Waals surface area contributed by atoms with Crippen LogP contribution in [0.4, 0.5) is 0 Å². The molecule has 0 aromatic rings. The summed E-state index contributed by atoms with van der Waals surface area (Å²) in [5.41, 5.74) is 0. The van der Waals surface area contributed by atoms with Gasteiger partial charge in [-0.1, -0.05) is 6.92 Å². The summed E-state index contributed by atoms with van der Waals surface area (Å²) < 4.78 is 0. The second-order valence-electron chi connectivity index (χ2n) is 4.98. The highest BCUT2D eigenvalue weighted by Crippen LogP contribution is 2.24. The predicted octanol–water partition coefficient (Wildman–Crippen LogP) is 0.877. The van der Waals surface area contributed by atoms with Gasteiger partial charge < -0.3 is 10.0 Å². The summed E-state index contributed by atoms with van der Waals surface area (Å²) in [5.74, 6) is -0.738. The van der Waals surface area contributed by atoms with Crippen molar-refractivity contribution < 1.29 is 9.90 Å². The van der Waals surface area contributed by atoms with Crippen LogP contribution in [-0.2, 0) is 4.79 Å². The van der Waals surface area contributed by atoms with Gasteiger partial charge in [-0.2, -0.15) is 0 Å². The summed E-state index contributed by atoms with van der Waals surface area (Å²) in [4.78, 5) is 15.8. The highest BCUT2D eigenvalue weighted by atomic mass is 16.4. The van der Waals surface area contributed by atoms with Crippen molar-refractivity contribution in [2.24, 2.45) is 5.92 Å². The molecule has 1 atom stereocenters. The highest BCUT2D eigenvalue weighted by Gasteiger charge is 2.33. The summed E-state index contributed by atoms with van der Waals surface area (Å²) in [5, 5.41) is 8.97. The fraction of sp³-hybridized carbons (Fsp3) is 0.917. The fourth-order valence-corrected chi connectivity index (χ4v) is 2.92. The molecule has 2 fully saturated rings. The zero-order chi connectivity index (χ0) is 11.5. The summed E-state index contributed by atoms with van der Waals surface area (Å²) in [6, 6.07) is 0.632. The third-order valence-electron chi connectivity index (χ3n) is 4.09. The minimum Gasteiger partial charge on any atom is -0.481 e. The first-order valence-electron chi connectivity index (χ1n) is 6.40. The maximum Gasteiger partial charge on any atom is 0.307 e. The Balaban J connectivity index is 1.80. The molecule has 0 aromatic carbocycles. The van der Waals surface area contributed by atoms with E-state index in [0.717, 1.165) is 26.1 Å². The van der Waals surface area contributed by atoms with Gasteiger partial charge in [0.25, 0.3) is 0 Å². The van der Waals surface area contributed by atoms with Crippen LogP contribution in [0, 0.1) is 5.92 Å². The van der Waals surface area contributed by atoms with Crippen molar-refractivity contribution in [2.75, 3.05) is 32.7 Å². The predicted molar refractivity (Wildman–Crippen MR) is 62.5 cm³/mol. The van der Waals surface area contributed by atoms with E-state index in [0.29, 0.717) is 6.04 Å². The van der Waals surface area contributed by atoms with E-state index < -0.39 is 5.97 Å². The van der Waals surface area contributed by atoms with Crippen LogP contribution in [0.1, 0.15) is 26.2 Å². The van der Waals surface area contributed by atoms with Crippen LogP contribution < -0.4 is 0 Å². The molecule has 0 radical (unpaired) electrons. The first-order chi connectivity index (χ1) is 7.70. The van der Waals surface area contributed by atoms with Crippen molar-refractivity contribution in [2.45, 2.75) is 32.2 Å². The smallest absolute Gasteiger partial charge is 0.307 e. The van der Waals surface area contributed by atoms with Crippen LogP contribution >= 0.6 is 0 Å². The topological polar surface area (TPSA) is 43.8 Å². The zero-order valence-corrected chi connectivity index (χ0v) is 10.1. The van der Waals surface area contributed by atoms with Gasteiger partial charge in [-0.25, -0.2) is 0 Å². The largest absolute Gasteiger partial charge is 0.481 e. The van der Waals surface area contributed by atoms with Crippen LogP contribution in [0.3, 0.4) is 0 Å². The maximum atomic E-state index is 10.9. The lowest BCUT2D eigenvalue weighted by atomic mass is 10.0. The van der Waals surface area contributed by atoms with E-state index in [1.807, 2.05) is 0 Å². The monoisotopic (exact) mass is 226 g/mol. The number of rotatable bonds is 3. The van der Waals surface area contributed by atoms with E-state index in [4.69, 9.17) is 5.11 Å². The molecule has 2 aliphatic heterocycles. The number of nitrogens with zero attached hydrogens (tertiary/aromatic N) is 2.